The van der Waals surface area contributed by atoms with Crippen LogP contribution in [0.1, 0.15) is 30.5 Å². The molecule has 2 heterocycles. The van der Waals surface area contributed by atoms with Crippen LogP contribution in [0.5, 0.6) is 5.75 Å². The summed E-state index contributed by atoms with van der Waals surface area (Å²) in [6.45, 7) is 5.11. The van der Waals surface area contributed by atoms with Gasteiger partial charge in [-0.25, -0.2) is 5.21 Å². The molecular formula is C25H24N2O3. The van der Waals surface area contributed by atoms with Gasteiger partial charge in [0.2, 0.25) is 5.72 Å². The number of nitrogens with zero attached hydrogens (tertiary/aromatic N) is 1. The molecule has 2 unspecified atom stereocenters. The predicted octanol–water partition coefficient (Wildman–Crippen LogP) is 4.19. The largest absolute Gasteiger partial charge is 0.595 e. The van der Waals surface area contributed by atoms with E-state index in [1.807, 2.05) is 12.1 Å². The molecule has 0 amide bonds. The van der Waals surface area contributed by atoms with Crippen LogP contribution < -0.4 is 14.9 Å². The van der Waals surface area contributed by atoms with Crippen molar-refractivity contribution in [2.75, 3.05) is 4.90 Å². The van der Waals surface area contributed by atoms with Gasteiger partial charge in [0.15, 0.2) is 5.69 Å². The third-order valence-corrected chi connectivity index (χ3v) is 6.36. The first kappa shape index (κ1) is 18.9. The highest BCUT2D eigenvalue weighted by Crippen LogP contribution is 2.55. The Morgan fingerprint density at radius 3 is 2.50 bits per heavy atom. The third-order valence-electron chi connectivity index (χ3n) is 6.36. The molecule has 152 valence electrons. The van der Waals surface area contributed by atoms with E-state index in [4.69, 9.17) is 4.74 Å². The molecule has 5 rings (SSSR count). The molecule has 0 aliphatic carbocycles. The molecule has 5 nitrogen and oxygen atoms in total. The van der Waals surface area contributed by atoms with Crippen LogP contribution in [0.15, 0.2) is 78.9 Å². The van der Waals surface area contributed by atoms with Crippen molar-refractivity contribution in [3.05, 3.63) is 101 Å². The molecule has 2 N–H and O–H groups in total. The fourth-order valence-electron chi connectivity index (χ4n) is 4.71. The molecule has 3 aromatic carbocycles. The molecule has 2 aliphatic rings. The van der Waals surface area contributed by atoms with E-state index in [1.54, 1.807) is 18.2 Å². The number of benzene rings is 3. The SMILES string of the molecule is CC1(C)c2ccccc2N(Cc2ccccc2)C12C=Cc1cc([NH+]([O-])O)ccc1O2. The minimum absolute atomic E-state index is 0.257. The lowest BCUT2D eigenvalue weighted by atomic mass is 9.76. The van der Waals surface area contributed by atoms with E-state index < -0.39 is 11.0 Å². The van der Waals surface area contributed by atoms with Gasteiger partial charge in [-0.05, 0) is 49.3 Å². The maximum absolute atomic E-state index is 11.4. The Labute approximate surface area is 176 Å². The highest BCUT2D eigenvalue weighted by molar-refractivity contribution is 5.73. The fourth-order valence-corrected chi connectivity index (χ4v) is 4.71. The lowest BCUT2D eigenvalue weighted by molar-refractivity contribution is -0.991. The fraction of sp³-hybridized carbons (Fsp3) is 0.200. The van der Waals surface area contributed by atoms with E-state index in [0.717, 1.165) is 11.3 Å². The van der Waals surface area contributed by atoms with Gasteiger partial charge in [-0.2, -0.15) is 5.23 Å². The van der Waals surface area contributed by atoms with Gasteiger partial charge in [0, 0.05) is 29.9 Å². The molecule has 0 saturated heterocycles. The first-order valence-electron chi connectivity index (χ1n) is 10.1. The molecule has 0 fully saturated rings. The normalized spacial score (nSPS) is 21.8. The molecule has 3 aromatic rings. The van der Waals surface area contributed by atoms with Crippen LogP contribution in [-0.4, -0.2) is 10.9 Å². The maximum atomic E-state index is 11.4. The van der Waals surface area contributed by atoms with Gasteiger partial charge < -0.3 is 14.8 Å². The van der Waals surface area contributed by atoms with Crippen LogP contribution in [-0.2, 0) is 12.0 Å². The Morgan fingerprint density at radius 1 is 1.00 bits per heavy atom. The Balaban J connectivity index is 1.64. The number of hydrogen-bond acceptors (Lipinski definition) is 4. The molecular weight excluding hydrogens is 376 g/mol. The second-order valence-corrected chi connectivity index (χ2v) is 8.40. The molecule has 30 heavy (non-hydrogen) atoms. The van der Waals surface area contributed by atoms with E-state index >= 15 is 0 Å². The van der Waals surface area contributed by atoms with E-state index in [2.05, 4.69) is 73.4 Å². The highest BCUT2D eigenvalue weighted by atomic mass is 16.8. The minimum atomic E-state index is -0.939. The topological polar surface area (TPSA) is 60.2 Å². The van der Waals surface area contributed by atoms with Crippen molar-refractivity contribution in [1.29, 1.82) is 0 Å². The second kappa shape index (κ2) is 6.71. The molecule has 0 radical (unpaired) electrons. The average Bonchev–Trinajstić information content (AvgIpc) is 2.93. The Hall–Kier alpha value is -3.12. The quantitative estimate of drug-likeness (QED) is 0.648. The van der Waals surface area contributed by atoms with Crippen LogP contribution in [0, 0.1) is 5.21 Å². The van der Waals surface area contributed by atoms with Crippen molar-refractivity contribution in [1.82, 2.24) is 0 Å². The molecule has 1 spiro atoms. The molecule has 2 atom stereocenters. The molecule has 2 aliphatic heterocycles. The summed E-state index contributed by atoms with van der Waals surface area (Å²) in [6.07, 6.45) is 4.08. The summed E-state index contributed by atoms with van der Waals surface area (Å²) in [5, 5.41) is 19.8. The number of nitrogens with one attached hydrogen (secondary N) is 1. The number of hydrogen-bond donors (Lipinski definition) is 2. The number of ether oxygens (including phenoxy) is 1. The predicted molar refractivity (Wildman–Crippen MR) is 117 cm³/mol. The Kier molecular flexibility index (Phi) is 4.22. The summed E-state index contributed by atoms with van der Waals surface area (Å²) in [5.74, 6) is 0.696. The monoisotopic (exact) mass is 400 g/mol. The van der Waals surface area contributed by atoms with Gasteiger partial charge in [-0.15, -0.1) is 0 Å². The van der Waals surface area contributed by atoms with E-state index in [0.29, 0.717) is 12.3 Å². The summed E-state index contributed by atoms with van der Waals surface area (Å²) in [4.78, 5) is 2.32. The first-order chi connectivity index (χ1) is 14.4. The zero-order valence-electron chi connectivity index (χ0n) is 17.0. The summed E-state index contributed by atoms with van der Waals surface area (Å²) in [5.41, 5.74) is 3.59. The lowest BCUT2D eigenvalue weighted by Gasteiger charge is -2.47. The summed E-state index contributed by atoms with van der Waals surface area (Å²) in [6, 6.07) is 23.9. The van der Waals surface area contributed by atoms with E-state index in [1.165, 1.54) is 11.1 Å². The van der Waals surface area contributed by atoms with Crippen LogP contribution in [0.3, 0.4) is 0 Å². The van der Waals surface area contributed by atoms with E-state index in [-0.39, 0.29) is 11.1 Å². The van der Waals surface area contributed by atoms with Crippen molar-refractivity contribution < 1.29 is 15.2 Å². The van der Waals surface area contributed by atoms with Crippen LogP contribution >= 0.6 is 0 Å². The van der Waals surface area contributed by atoms with Crippen molar-refractivity contribution >= 4 is 17.5 Å². The van der Waals surface area contributed by atoms with Crippen molar-refractivity contribution in [3.63, 3.8) is 0 Å². The second-order valence-electron chi connectivity index (χ2n) is 8.40. The zero-order chi connectivity index (χ0) is 20.9. The number of para-hydroxylation sites is 1. The summed E-state index contributed by atoms with van der Waals surface area (Å²) < 4.78 is 6.74. The Morgan fingerprint density at radius 2 is 1.73 bits per heavy atom. The van der Waals surface area contributed by atoms with Gasteiger partial charge in [-0.1, -0.05) is 48.5 Å². The van der Waals surface area contributed by atoms with E-state index in [9.17, 15) is 10.4 Å². The lowest BCUT2D eigenvalue weighted by Crippen LogP contribution is -2.99. The first-order valence-corrected chi connectivity index (χ1v) is 10.1. The molecule has 0 aromatic heterocycles. The summed E-state index contributed by atoms with van der Waals surface area (Å²) >= 11 is 0. The maximum Gasteiger partial charge on any atom is 0.212 e. The Bertz CT molecular complexity index is 1120. The minimum Gasteiger partial charge on any atom is -0.595 e. The van der Waals surface area contributed by atoms with Gasteiger partial charge in [0.25, 0.3) is 0 Å². The summed E-state index contributed by atoms with van der Waals surface area (Å²) in [7, 11) is 0. The number of fused-ring (bicyclic) bond motifs is 2. The zero-order valence-corrected chi connectivity index (χ0v) is 17.0. The number of quaternary nitrogens is 1. The van der Waals surface area contributed by atoms with Gasteiger partial charge in [-0.3, -0.25) is 0 Å². The van der Waals surface area contributed by atoms with Crippen molar-refractivity contribution in [2.24, 2.45) is 0 Å². The van der Waals surface area contributed by atoms with Gasteiger partial charge >= 0.3 is 0 Å². The van der Waals surface area contributed by atoms with Gasteiger partial charge in [0.05, 0.1) is 5.41 Å². The van der Waals surface area contributed by atoms with Crippen LogP contribution in [0.25, 0.3) is 6.08 Å². The molecule has 0 saturated carbocycles. The molecule has 0 bridgehead atoms. The third kappa shape index (κ3) is 2.67. The van der Waals surface area contributed by atoms with Crippen LogP contribution in [0.4, 0.5) is 11.4 Å². The van der Waals surface area contributed by atoms with Crippen LogP contribution in [0.2, 0.25) is 0 Å². The molecule has 5 heteroatoms. The highest BCUT2D eigenvalue weighted by Gasteiger charge is 2.58. The number of anilines is 1. The average molecular weight is 400 g/mol. The standard InChI is InChI=1S/C25H24N2O3/c1-24(2)21-10-6-7-11-22(21)26(17-18-8-4-3-5-9-18)25(24)15-14-19-16-20(27(28)29)12-13-23(19)30-25/h3-16,27-28H,17H2,1-2H3. The smallest absolute Gasteiger partial charge is 0.212 e. The van der Waals surface area contributed by atoms with Crippen molar-refractivity contribution in [3.8, 4) is 5.75 Å². The van der Waals surface area contributed by atoms with Gasteiger partial charge in [0.1, 0.15) is 5.75 Å². The van der Waals surface area contributed by atoms with Crippen molar-refractivity contribution in [2.45, 2.75) is 31.5 Å². The number of rotatable bonds is 3.